The Hall–Kier alpha value is -0.580. The summed E-state index contributed by atoms with van der Waals surface area (Å²) in [5.41, 5.74) is -0.0728. The van der Waals surface area contributed by atoms with Crippen LogP contribution in [0.15, 0.2) is 4.99 Å². The lowest BCUT2D eigenvalue weighted by Gasteiger charge is -2.53. The number of carbonyl (C=O) groups is 1. The van der Waals surface area contributed by atoms with E-state index in [1.165, 1.54) is 19.3 Å². The summed E-state index contributed by atoms with van der Waals surface area (Å²) in [6.45, 7) is 4.64. The first kappa shape index (κ1) is 22.7. The molecule has 0 bridgehead atoms. The molecule has 1 aliphatic carbocycles. The van der Waals surface area contributed by atoms with Gasteiger partial charge in [0.1, 0.15) is 0 Å². The van der Waals surface area contributed by atoms with E-state index in [-0.39, 0.29) is 47.1 Å². The minimum atomic E-state index is -2.85. The molecule has 0 radical (unpaired) electrons. The number of carbonyl (C=O) groups excluding carboxylic acids is 1. The number of aliphatic imine (C=N–C) groups is 1. The molecule has 9 heteroatoms. The van der Waals surface area contributed by atoms with Gasteiger partial charge in [-0.1, -0.05) is 19.3 Å². The molecule has 2 saturated heterocycles. The minimum absolute atomic E-state index is 0. The molecule has 3 fully saturated rings. The van der Waals surface area contributed by atoms with Crippen LogP contribution in [0, 0.1) is 5.92 Å². The molecule has 3 rings (SSSR count). The maximum absolute atomic E-state index is 12.2. The van der Waals surface area contributed by atoms with Gasteiger partial charge in [0.05, 0.1) is 17.0 Å². The molecule has 2 heterocycles. The average Bonchev–Trinajstić information content (AvgIpc) is 2.95. The van der Waals surface area contributed by atoms with Gasteiger partial charge < -0.3 is 15.1 Å². The number of guanidine groups is 1. The zero-order valence-electron chi connectivity index (χ0n) is 16.4. The van der Waals surface area contributed by atoms with Crippen molar-refractivity contribution in [1.82, 2.24) is 15.1 Å². The van der Waals surface area contributed by atoms with Crippen molar-refractivity contribution in [3.63, 3.8) is 0 Å². The van der Waals surface area contributed by atoms with Crippen LogP contribution in [0.2, 0.25) is 0 Å². The topological polar surface area (TPSA) is 82.1 Å². The van der Waals surface area contributed by atoms with Crippen molar-refractivity contribution in [2.45, 2.75) is 51.0 Å². The van der Waals surface area contributed by atoms with E-state index in [0.29, 0.717) is 12.3 Å². The largest absolute Gasteiger partial charge is 0.356 e. The van der Waals surface area contributed by atoms with Gasteiger partial charge in [0.25, 0.3) is 0 Å². The molecule has 0 aromatic heterocycles. The fraction of sp³-hybridized carbons (Fsp3) is 0.889. The Balaban J connectivity index is 0.00000261. The Morgan fingerprint density at radius 2 is 1.93 bits per heavy atom. The summed E-state index contributed by atoms with van der Waals surface area (Å²) >= 11 is 0. The van der Waals surface area contributed by atoms with E-state index in [0.717, 1.165) is 44.9 Å². The minimum Gasteiger partial charge on any atom is -0.356 e. The molecule has 1 atom stereocenters. The van der Waals surface area contributed by atoms with E-state index >= 15 is 0 Å². The molecule has 0 aromatic rings. The predicted molar refractivity (Wildman–Crippen MR) is 118 cm³/mol. The average molecular weight is 512 g/mol. The third-order valence-corrected chi connectivity index (χ3v) is 8.04. The molecule has 1 unspecified atom stereocenters. The fourth-order valence-electron chi connectivity index (χ4n) is 4.89. The van der Waals surface area contributed by atoms with Crippen LogP contribution in [0.4, 0.5) is 0 Å². The number of halogens is 1. The summed E-state index contributed by atoms with van der Waals surface area (Å²) in [7, 11) is -1.08. The van der Waals surface area contributed by atoms with Crippen LogP contribution >= 0.6 is 24.0 Å². The lowest BCUT2D eigenvalue weighted by molar-refractivity contribution is -0.140. The summed E-state index contributed by atoms with van der Waals surface area (Å²) < 4.78 is 23.3. The highest BCUT2D eigenvalue weighted by molar-refractivity contribution is 14.0. The molecule has 7 nitrogen and oxygen atoms in total. The van der Waals surface area contributed by atoms with Crippen LogP contribution in [0.3, 0.4) is 0 Å². The Morgan fingerprint density at radius 3 is 2.48 bits per heavy atom. The maximum Gasteiger partial charge on any atom is 0.220 e. The summed E-state index contributed by atoms with van der Waals surface area (Å²) in [5.74, 6) is 1.75. The van der Waals surface area contributed by atoms with Crippen molar-refractivity contribution in [1.29, 1.82) is 0 Å². The van der Waals surface area contributed by atoms with Gasteiger partial charge in [-0.3, -0.25) is 9.79 Å². The van der Waals surface area contributed by atoms with Crippen LogP contribution in [0.5, 0.6) is 0 Å². The Morgan fingerprint density at radius 1 is 1.22 bits per heavy atom. The Bertz CT molecular complexity index is 662. The molecule has 1 saturated carbocycles. The Labute approximate surface area is 180 Å². The van der Waals surface area contributed by atoms with E-state index in [1.807, 2.05) is 0 Å². The molecule has 1 spiro atoms. The van der Waals surface area contributed by atoms with Crippen molar-refractivity contribution in [2.75, 3.05) is 44.7 Å². The molecule has 27 heavy (non-hydrogen) atoms. The number of hydrogen-bond donors (Lipinski definition) is 1. The van der Waals surface area contributed by atoms with Gasteiger partial charge in [-0.15, -0.1) is 24.0 Å². The van der Waals surface area contributed by atoms with Crippen LogP contribution in [0.1, 0.15) is 45.4 Å². The standard InChI is InChI=1S/C18H32N4O3S.HI/c1-15(23)22-10-9-21(14-18(22)7-4-3-5-8-18)17(19-2)20-12-16-6-11-26(24,25)13-16;/h16H,3-14H2,1-2H3,(H,19,20);1H. The van der Waals surface area contributed by atoms with Gasteiger partial charge in [0.15, 0.2) is 15.8 Å². The van der Waals surface area contributed by atoms with Crippen LogP contribution in [-0.4, -0.2) is 80.4 Å². The zero-order chi connectivity index (χ0) is 18.8. The molecular weight excluding hydrogens is 479 g/mol. The molecule has 156 valence electrons. The van der Waals surface area contributed by atoms with Crippen molar-refractivity contribution >= 4 is 45.7 Å². The third kappa shape index (κ3) is 5.27. The van der Waals surface area contributed by atoms with Gasteiger partial charge in [0.2, 0.25) is 5.91 Å². The number of rotatable bonds is 2. The van der Waals surface area contributed by atoms with Gasteiger partial charge in [-0.25, -0.2) is 8.42 Å². The number of amides is 1. The zero-order valence-corrected chi connectivity index (χ0v) is 19.6. The van der Waals surface area contributed by atoms with Crippen molar-refractivity contribution in [3.8, 4) is 0 Å². The lowest BCUT2D eigenvalue weighted by Crippen LogP contribution is -2.66. The van der Waals surface area contributed by atoms with Crippen LogP contribution in [-0.2, 0) is 14.6 Å². The van der Waals surface area contributed by atoms with E-state index in [1.54, 1.807) is 14.0 Å². The SMILES string of the molecule is CN=C(NCC1CCS(=O)(=O)C1)N1CCN(C(C)=O)C2(CCCCC2)C1.I. The summed E-state index contributed by atoms with van der Waals surface area (Å²) in [5, 5.41) is 3.39. The van der Waals surface area contributed by atoms with Gasteiger partial charge in [0, 0.05) is 40.2 Å². The van der Waals surface area contributed by atoms with Gasteiger partial charge in [-0.05, 0) is 25.2 Å². The van der Waals surface area contributed by atoms with Crippen molar-refractivity contribution in [3.05, 3.63) is 0 Å². The van der Waals surface area contributed by atoms with Gasteiger partial charge in [-0.2, -0.15) is 0 Å². The number of hydrogen-bond acceptors (Lipinski definition) is 4. The number of nitrogens with one attached hydrogen (secondary N) is 1. The first-order chi connectivity index (χ1) is 12.4. The van der Waals surface area contributed by atoms with Crippen LogP contribution < -0.4 is 5.32 Å². The van der Waals surface area contributed by atoms with E-state index in [2.05, 4.69) is 20.1 Å². The second-order valence-corrected chi connectivity index (χ2v) is 10.3. The maximum atomic E-state index is 12.2. The molecule has 0 aromatic carbocycles. The molecular formula is C18H33IN4O3S. The van der Waals surface area contributed by atoms with Gasteiger partial charge >= 0.3 is 0 Å². The van der Waals surface area contributed by atoms with Crippen molar-refractivity contribution in [2.24, 2.45) is 10.9 Å². The molecule has 1 N–H and O–H groups in total. The fourth-order valence-corrected chi connectivity index (χ4v) is 6.75. The van der Waals surface area contributed by atoms with E-state index in [9.17, 15) is 13.2 Å². The van der Waals surface area contributed by atoms with Crippen molar-refractivity contribution < 1.29 is 13.2 Å². The summed E-state index contributed by atoms with van der Waals surface area (Å²) in [6, 6.07) is 0. The number of piperazine rings is 1. The Kier molecular flexibility index (Phi) is 7.80. The second kappa shape index (κ2) is 9.28. The first-order valence-corrected chi connectivity index (χ1v) is 11.6. The first-order valence-electron chi connectivity index (χ1n) is 9.79. The third-order valence-electron chi connectivity index (χ3n) is 6.20. The monoisotopic (exact) mass is 512 g/mol. The summed E-state index contributed by atoms with van der Waals surface area (Å²) in [6.07, 6.45) is 6.43. The van der Waals surface area contributed by atoms with E-state index < -0.39 is 9.84 Å². The quantitative estimate of drug-likeness (QED) is 0.345. The highest BCUT2D eigenvalue weighted by atomic mass is 127. The predicted octanol–water partition coefficient (Wildman–Crippen LogP) is 1.48. The smallest absolute Gasteiger partial charge is 0.220 e. The van der Waals surface area contributed by atoms with E-state index in [4.69, 9.17) is 0 Å². The highest BCUT2D eigenvalue weighted by Crippen LogP contribution is 2.36. The van der Waals surface area contributed by atoms with Crippen LogP contribution in [0.25, 0.3) is 0 Å². The number of nitrogens with zero attached hydrogens (tertiary/aromatic N) is 3. The normalized spacial score (nSPS) is 27.3. The molecule has 1 amide bonds. The highest BCUT2D eigenvalue weighted by Gasteiger charge is 2.44. The lowest BCUT2D eigenvalue weighted by atomic mass is 9.78. The second-order valence-electron chi connectivity index (χ2n) is 8.07. The summed E-state index contributed by atoms with van der Waals surface area (Å²) in [4.78, 5) is 21.0. The number of sulfone groups is 1. The molecule has 2 aliphatic heterocycles. The molecule has 3 aliphatic rings.